The van der Waals surface area contributed by atoms with E-state index in [1.807, 2.05) is 61.2 Å². The molecule has 1 heterocycles. The van der Waals surface area contributed by atoms with Crippen molar-refractivity contribution >= 4 is 17.5 Å². The van der Waals surface area contributed by atoms with Crippen molar-refractivity contribution in [3.63, 3.8) is 0 Å². The van der Waals surface area contributed by atoms with Crippen LogP contribution in [0.4, 0.5) is 5.69 Å². The lowest BCUT2D eigenvalue weighted by molar-refractivity contribution is -0.117. The second-order valence-corrected chi connectivity index (χ2v) is 7.74. The van der Waals surface area contributed by atoms with Crippen molar-refractivity contribution in [3.05, 3.63) is 59.2 Å². The second-order valence-electron chi connectivity index (χ2n) is 7.74. The molecule has 30 heavy (non-hydrogen) atoms. The average Bonchev–Trinajstić information content (AvgIpc) is 2.75. The highest BCUT2D eigenvalue weighted by Gasteiger charge is 2.23. The van der Waals surface area contributed by atoms with Crippen LogP contribution in [0.1, 0.15) is 34.8 Å². The molecule has 6 heteroatoms. The van der Waals surface area contributed by atoms with E-state index in [2.05, 4.69) is 17.1 Å². The molecule has 0 atom stereocenters. The third-order valence-electron chi connectivity index (χ3n) is 5.46. The molecule has 0 bridgehead atoms. The molecule has 0 spiro atoms. The molecular formula is C24H31N3O3. The van der Waals surface area contributed by atoms with Crippen molar-refractivity contribution in [2.24, 2.45) is 0 Å². The van der Waals surface area contributed by atoms with Crippen LogP contribution in [-0.2, 0) is 4.79 Å². The Hall–Kier alpha value is -2.86. The Kier molecular flexibility index (Phi) is 7.46. The largest absolute Gasteiger partial charge is 0.494 e. The minimum Gasteiger partial charge on any atom is -0.494 e. The van der Waals surface area contributed by atoms with Gasteiger partial charge in [0.05, 0.1) is 13.2 Å². The first kappa shape index (κ1) is 21.8. The van der Waals surface area contributed by atoms with Gasteiger partial charge in [-0.2, -0.15) is 0 Å². The van der Waals surface area contributed by atoms with E-state index >= 15 is 0 Å². The zero-order valence-corrected chi connectivity index (χ0v) is 18.1. The topological polar surface area (TPSA) is 61.9 Å². The van der Waals surface area contributed by atoms with E-state index in [0.717, 1.165) is 29.0 Å². The Morgan fingerprint density at radius 1 is 1.03 bits per heavy atom. The van der Waals surface area contributed by atoms with E-state index < -0.39 is 0 Å². The normalized spacial score (nSPS) is 14.4. The monoisotopic (exact) mass is 409 g/mol. The molecule has 1 fully saturated rings. The molecule has 1 aliphatic heterocycles. The lowest BCUT2D eigenvalue weighted by Gasteiger charge is -2.34. The molecule has 1 N–H and O–H groups in total. The number of piperazine rings is 1. The summed E-state index contributed by atoms with van der Waals surface area (Å²) in [6, 6.07) is 13.3. The number of carbonyl (C=O) groups excluding carboxylic acids is 2. The molecule has 0 saturated carbocycles. The van der Waals surface area contributed by atoms with Gasteiger partial charge >= 0.3 is 0 Å². The van der Waals surface area contributed by atoms with Gasteiger partial charge in [-0.25, -0.2) is 0 Å². The highest BCUT2D eigenvalue weighted by molar-refractivity contribution is 5.95. The van der Waals surface area contributed by atoms with Gasteiger partial charge in [0.1, 0.15) is 5.75 Å². The predicted molar refractivity (Wildman–Crippen MR) is 119 cm³/mol. The number of nitrogens with one attached hydrogen (secondary N) is 1. The fourth-order valence-electron chi connectivity index (χ4n) is 3.51. The van der Waals surface area contributed by atoms with Crippen LogP contribution in [0, 0.1) is 13.8 Å². The van der Waals surface area contributed by atoms with Crippen molar-refractivity contribution in [2.75, 3.05) is 44.6 Å². The molecule has 1 saturated heterocycles. The van der Waals surface area contributed by atoms with Gasteiger partial charge in [-0.1, -0.05) is 25.1 Å². The minimum atomic E-state index is -0.0238. The summed E-state index contributed by atoms with van der Waals surface area (Å²) in [6.45, 7) is 9.64. The molecule has 2 amide bonds. The smallest absolute Gasteiger partial charge is 0.254 e. The zero-order chi connectivity index (χ0) is 21.5. The van der Waals surface area contributed by atoms with Crippen LogP contribution in [-0.4, -0.2) is 60.9 Å². The molecular weight excluding hydrogens is 378 g/mol. The van der Waals surface area contributed by atoms with E-state index in [9.17, 15) is 9.59 Å². The Labute approximate surface area is 178 Å². The number of nitrogens with zero attached hydrogens (tertiary/aromatic N) is 2. The van der Waals surface area contributed by atoms with E-state index in [1.165, 1.54) is 0 Å². The summed E-state index contributed by atoms with van der Waals surface area (Å²) >= 11 is 0. The predicted octanol–water partition coefficient (Wildman–Crippen LogP) is 3.49. The van der Waals surface area contributed by atoms with Gasteiger partial charge < -0.3 is 15.0 Å². The van der Waals surface area contributed by atoms with Crippen molar-refractivity contribution in [2.45, 2.75) is 27.2 Å². The van der Waals surface area contributed by atoms with Crippen molar-refractivity contribution in [3.8, 4) is 5.75 Å². The van der Waals surface area contributed by atoms with Crippen LogP contribution in [0.15, 0.2) is 42.5 Å². The molecule has 0 unspecified atom stereocenters. The highest BCUT2D eigenvalue weighted by Crippen LogP contribution is 2.19. The van der Waals surface area contributed by atoms with Gasteiger partial charge in [0, 0.05) is 37.4 Å². The Balaban J connectivity index is 1.50. The molecule has 160 valence electrons. The number of hydrogen-bond acceptors (Lipinski definition) is 4. The summed E-state index contributed by atoms with van der Waals surface area (Å²) in [5.74, 6) is 0.713. The van der Waals surface area contributed by atoms with Crippen LogP contribution in [0.3, 0.4) is 0 Å². The number of ether oxygens (including phenoxy) is 1. The van der Waals surface area contributed by atoms with Crippen molar-refractivity contribution in [1.82, 2.24) is 9.80 Å². The fourth-order valence-corrected chi connectivity index (χ4v) is 3.51. The maximum atomic E-state index is 12.8. The molecule has 3 rings (SSSR count). The first-order valence-electron chi connectivity index (χ1n) is 10.6. The standard InChI is InChI=1S/C24H31N3O3/c1-4-15-30-21-9-6-8-20(16-21)24(29)27-13-11-26(12-14-27)17-23(28)25-22-10-5-7-18(2)19(22)3/h5-10,16H,4,11-15,17H2,1-3H3,(H,25,28). The number of amides is 2. The van der Waals surface area contributed by atoms with Gasteiger partial charge in [0.25, 0.3) is 5.91 Å². The third-order valence-corrected chi connectivity index (χ3v) is 5.46. The number of rotatable bonds is 7. The van der Waals surface area contributed by atoms with Crippen molar-refractivity contribution in [1.29, 1.82) is 0 Å². The van der Waals surface area contributed by atoms with Gasteiger partial charge in [-0.3, -0.25) is 14.5 Å². The summed E-state index contributed by atoms with van der Waals surface area (Å²) in [6.07, 6.45) is 0.928. The van der Waals surface area contributed by atoms with Crippen LogP contribution in [0.25, 0.3) is 0 Å². The molecule has 2 aromatic carbocycles. The van der Waals surface area contributed by atoms with Crippen LogP contribution < -0.4 is 10.1 Å². The lowest BCUT2D eigenvalue weighted by atomic mass is 10.1. The second kappa shape index (κ2) is 10.3. The van der Waals surface area contributed by atoms with E-state index in [-0.39, 0.29) is 11.8 Å². The number of hydrogen-bond donors (Lipinski definition) is 1. The zero-order valence-electron chi connectivity index (χ0n) is 18.1. The van der Waals surface area contributed by atoms with Crippen LogP contribution in [0.5, 0.6) is 5.75 Å². The summed E-state index contributed by atoms with van der Waals surface area (Å²) in [7, 11) is 0. The van der Waals surface area contributed by atoms with Gasteiger partial charge in [0.2, 0.25) is 5.91 Å². The Morgan fingerprint density at radius 3 is 2.50 bits per heavy atom. The molecule has 6 nitrogen and oxygen atoms in total. The number of carbonyl (C=O) groups is 2. The first-order valence-corrected chi connectivity index (χ1v) is 10.6. The van der Waals surface area contributed by atoms with E-state index in [0.29, 0.717) is 44.9 Å². The third kappa shape index (κ3) is 5.60. The first-order chi connectivity index (χ1) is 14.5. The molecule has 0 aromatic heterocycles. The number of anilines is 1. The van der Waals surface area contributed by atoms with Crippen LogP contribution in [0.2, 0.25) is 0 Å². The van der Waals surface area contributed by atoms with Gasteiger partial charge in [-0.15, -0.1) is 0 Å². The quantitative estimate of drug-likeness (QED) is 0.760. The molecule has 2 aromatic rings. The minimum absolute atomic E-state index is 0.0106. The Morgan fingerprint density at radius 2 is 1.77 bits per heavy atom. The van der Waals surface area contributed by atoms with E-state index in [1.54, 1.807) is 0 Å². The summed E-state index contributed by atoms with van der Waals surface area (Å²) in [5.41, 5.74) is 3.75. The molecule has 1 aliphatic rings. The Bertz CT molecular complexity index is 889. The highest BCUT2D eigenvalue weighted by atomic mass is 16.5. The van der Waals surface area contributed by atoms with Crippen LogP contribution >= 0.6 is 0 Å². The maximum Gasteiger partial charge on any atom is 0.254 e. The summed E-state index contributed by atoms with van der Waals surface area (Å²) < 4.78 is 5.64. The van der Waals surface area contributed by atoms with Gasteiger partial charge in [-0.05, 0) is 55.7 Å². The van der Waals surface area contributed by atoms with Crippen molar-refractivity contribution < 1.29 is 14.3 Å². The lowest BCUT2D eigenvalue weighted by Crippen LogP contribution is -2.50. The van der Waals surface area contributed by atoms with E-state index in [4.69, 9.17) is 4.74 Å². The summed E-state index contributed by atoms with van der Waals surface area (Å²) in [4.78, 5) is 29.2. The average molecular weight is 410 g/mol. The number of benzene rings is 2. The molecule has 0 aliphatic carbocycles. The molecule has 0 radical (unpaired) electrons. The number of aryl methyl sites for hydroxylation is 1. The fraction of sp³-hybridized carbons (Fsp3) is 0.417. The van der Waals surface area contributed by atoms with Gasteiger partial charge in [0.15, 0.2) is 0 Å². The summed E-state index contributed by atoms with van der Waals surface area (Å²) in [5, 5.41) is 3.01. The maximum absolute atomic E-state index is 12.8. The SMILES string of the molecule is CCCOc1cccc(C(=O)N2CCN(CC(=O)Nc3cccc(C)c3C)CC2)c1.